The van der Waals surface area contributed by atoms with Crippen molar-refractivity contribution in [1.82, 2.24) is 4.90 Å². The van der Waals surface area contributed by atoms with E-state index in [0.29, 0.717) is 12.1 Å². The van der Waals surface area contributed by atoms with E-state index in [1.54, 1.807) is 17.0 Å². The van der Waals surface area contributed by atoms with Gasteiger partial charge in [-0.2, -0.15) is 8.42 Å². The van der Waals surface area contributed by atoms with Gasteiger partial charge in [-0.25, -0.2) is 4.39 Å². The number of rotatable bonds is 8. The smallest absolute Gasteiger partial charge is 0.339 e. The van der Waals surface area contributed by atoms with Crippen molar-refractivity contribution in [2.45, 2.75) is 44.7 Å². The first-order valence-electron chi connectivity index (χ1n) is 8.82. The Kier molecular flexibility index (Phi) is 7.01. The predicted octanol–water partition coefficient (Wildman–Crippen LogP) is 3.75. The fourth-order valence-electron chi connectivity index (χ4n) is 2.65. The second-order valence-electron chi connectivity index (χ2n) is 6.38. The zero-order valence-corrected chi connectivity index (χ0v) is 17.1. The highest BCUT2D eigenvalue weighted by Crippen LogP contribution is 2.31. The number of hydrogen-bond donors (Lipinski definition) is 0. The van der Waals surface area contributed by atoms with Crippen LogP contribution in [0, 0.1) is 5.82 Å². The predicted molar refractivity (Wildman–Crippen MR) is 103 cm³/mol. The molecular weight excluding hydrogens is 385 g/mol. The summed E-state index contributed by atoms with van der Waals surface area (Å²) in [6, 6.07) is 9.23. The largest absolute Gasteiger partial charge is 0.493 e. The maximum atomic E-state index is 13.1. The molecule has 0 spiro atoms. The lowest BCUT2D eigenvalue weighted by Crippen LogP contribution is -2.36. The van der Waals surface area contributed by atoms with Gasteiger partial charge in [-0.05, 0) is 55.3 Å². The standard InChI is InChI=1S/C20H24FNO5S/c1-5-14(2)22(15(3)23)13-16-6-11-19(26-4)20(12-16)27-28(24,25)18-9-7-17(21)8-10-18/h6-12,14H,5,13H2,1-4H3. The van der Waals surface area contributed by atoms with Crippen molar-refractivity contribution in [1.29, 1.82) is 0 Å². The molecular formula is C20H24FNO5S. The van der Waals surface area contributed by atoms with E-state index < -0.39 is 15.9 Å². The van der Waals surface area contributed by atoms with Gasteiger partial charge in [0.15, 0.2) is 11.5 Å². The highest BCUT2D eigenvalue weighted by Gasteiger charge is 2.21. The fraction of sp³-hybridized carbons (Fsp3) is 0.350. The van der Waals surface area contributed by atoms with Gasteiger partial charge in [-0.15, -0.1) is 0 Å². The number of halogens is 1. The summed E-state index contributed by atoms with van der Waals surface area (Å²) in [7, 11) is -2.78. The number of nitrogens with zero attached hydrogens (tertiary/aromatic N) is 1. The van der Waals surface area contributed by atoms with Gasteiger partial charge in [0.25, 0.3) is 0 Å². The average Bonchev–Trinajstić information content (AvgIpc) is 2.65. The van der Waals surface area contributed by atoms with Crippen molar-refractivity contribution in [3.05, 3.63) is 53.8 Å². The topological polar surface area (TPSA) is 72.9 Å². The Bertz CT molecular complexity index is 928. The maximum Gasteiger partial charge on any atom is 0.339 e. The Balaban J connectivity index is 2.34. The third-order valence-corrected chi connectivity index (χ3v) is 5.66. The van der Waals surface area contributed by atoms with Gasteiger partial charge in [0.2, 0.25) is 5.91 Å². The van der Waals surface area contributed by atoms with Gasteiger partial charge >= 0.3 is 10.1 Å². The maximum absolute atomic E-state index is 13.1. The van der Waals surface area contributed by atoms with Gasteiger partial charge in [0.05, 0.1) is 7.11 Å². The van der Waals surface area contributed by atoms with E-state index in [9.17, 15) is 17.6 Å². The van der Waals surface area contributed by atoms with E-state index in [4.69, 9.17) is 8.92 Å². The van der Waals surface area contributed by atoms with Gasteiger partial charge in [-0.1, -0.05) is 13.0 Å². The molecule has 1 unspecified atom stereocenters. The normalized spacial score (nSPS) is 12.3. The summed E-state index contributed by atoms with van der Waals surface area (Å²) in [4.78, 5) is 13.5. The van der Waals surface area contributed by atoms with E-state index in [-0.39, 0.29) is 28.3 Å². The van der Waals surface area contributed by atoms with Crippen molar-refractivity contribution in [2.24, 2.45) is 0 Å². The molecule has 0 N–H and O–H groups in total. The van der Waals surface area contributed by atoms with Crippen molar-refractivity contribution >= 4 is 16.0 Å². The summed E-state index contributed by atoms with van der Waals surface area (Å²) in [6.45, 7) is 5.73. The zero-order chi connectivity index (χ0) is 20.9. The number of benzene rings is 2. The Morgan fingerprint density at radius 2 is 1.79 bits per heavy atom. The molecule has 6 nitrogen and oxygen atoms in total. The van der Waals surface area contributed by atoms with Crippen molar-refractivity contribution < 1.29 is 26.5 Å². The summed E-state index contributed by atoms with van der Waals surface area (Å²) in [6.07, 6.45) is 0.790. The molecule has 0 aliphatic carbocycles. The van der Waals surface area contributed by atoms with Crippen LogP contribution < -0.4 is 8.92 Å². The van der Waals surface area contributed by atoms with Crippen LogP contribution in [0.15, 0.2) is 47.4 Å². The lowest BCUT2D eigenvalue weighted by Gasteiger charge is -2.27. The minimum Gasteiger partial charge on any atom is -0.493 e. The molecule has 0 aliphatic heterocycles. The molecule has 28 heavy (non-hydrogen) atoms. The number of methoxy groups -OCH3 is 1. The molecule has 0 fully saturated rings. The summed E-state index contributed by atoms with van der Waals surface area (Å²) in [5.41, 5.74) is 0.695. The SMILES string of the molecule is CCC(C)N(Cc1ccc(OC)c(OS(=O)(=O)c2ccc(F)cc2)c1)C(C)=O. The molecule has 0 saturated carbocycles. The Morgan fingerprint density at radius 1 is 1.14 bits per heavy atom. The lowest BCUT2D eigenvalue weighted by molar-refractivity contribution is -0.131. The highest BCUT2D eigenvalue weighted by molar-refractivity contribution is 7.87. The van der Waals surface area contributed by atoms with Gasteiger partial charge in [-0.3, -0.25) is 4.79 Å². The third-order valence-electron chi connectivity index (χ3n) is 4.41. The van der Waals surface area contributed by atoms with Crippen LogP contribution in [-0.4, -0.2) is 32.4 Å². The second-order valence-corrected chi connectivity index (χ2v) is 7.93. The molecule has 152 valence electrons. The molecule has 0 bridgehead atoms. The van der Waals surface area contributed by atoms with Crippen molar-refractivity contribution in [3.8, 4) is 11.5 Å². The van der Waals surface area contributed by atoms with Crippen LogP contribution in [-0.2, 0) is 21.5 Å². The van der Waals surface area contributed by atoms with Crippen LogP contribution >= 0.6 is 0 Å². The zero-order valence-electron chi connectivity index (χ0n) is 16.3. The third kappa shape index (κ3) is 5.22. The first kappa shape index (κ1) is 21.7. The Labute approximate surface area is 165 Å². The summed E-state index contributed by atoms with van der Waals surface area (Å²) in [5, 5.41) is 0. The van der Waals surface area contributed by atoms with Crippen molar-refractivity contribution in [2.75, 3.05) is 7.11 Å². The van der Waals surface area contributed by atoms with E-state index in [1.165, 1.54) is 20.1 Å². The van der Waals surface area contributed by atoms with Gasteiger partial charge in [0, 0.05) is 19.5 Å². The van der Waals surface area contributed by atoms with Crippen LogP contribution in [0.1, 0.15) is 32.8 Å². The van der Waals surface area contributed by atoms with Gasteiger partial charge in [0.1, 0.15) is 10.7 Å². The number of carbonyl (C=O) groups is 1. The number of ether oxygens (including phenoxy) is 1. The lowest BCUT2D eigenvalue weighted by atomic mass is 10.1. The van der Waals surface area contributed by atoms with E-state index >= 15 is 0 Å². The monoisotopic (exact) mass is 409 g/mol. The molecule has 0 radical (unpaired) electrons. The van der Waals surface area contributed by atoms with Gasteiger partial charge < -0.3 is 13.8 Å². The second kappa shape index (κ2) is 9.05. The number of carbonyl (C=O) groups excluding carboxylic acids is 1. The molecule has 1 amide bonds. The van der Waals surface area contributed by atoms with Crippen molar-refractivity contribution in [3.63, 3.8) is 0 Å². The number of amides is 1. The molecule has 2 aromatic carbocycles. The summed E-state index contributed by atoms with van der Waals surface area (Å²) < 4.78 is 48.5. The van der Waals surface area contributed by atoms with E-state index in [0.717, 1.165) is 30.7 Å². The molecule has 0 aliphatic rings. The quantitative estimate of drug-likeness (QED) is 0.621. The molecule has 0 aromatic heterocycles. The molecule has 0 heterocycles. The van der Waals surface area contributed by atoms with Crippen LogP contribution in [0.5, 0.6) is 11.5 Å². The molecule has 1 atom stereocenters. The highest BCUT2D eigenvalue weighted by atomic mass is 32.2. The van der Waals surface area contributed by atoms with Crippen LogP contribution in [0.25, 0.3) is 0 Å². The summed E-state index contributed by atoms with van der Waals surface area (Å²) >= 11 is 0. The summed E-state index contributed by atoms with van der Waals surface area (Å²) in [5.74, 6) is -0.399. The Morgan fingerprint density at radius 3 is 2.32 bits per heavy atom. The van der Waals surface area contributed by atoms with Crippen LogP contribution in [0.2, 0.25) is 0 Å². The fourth-order valence-corrected chi connectivity index (χ4v) is 3.58. The van der Waals surface area contributed by atoms with E-state index in [2.05, 4.69) is 0 Å². The van der Waals surface area contributed by atoms with Crippen LogP contribution in [0.4, 0.5) is 4.39 Å². The molecule has 2 aromatic rings. The minimum absolute atomic E-state index is 0.00280. The minimum atomic E-state index is -4.17. The molecule has 0 saturated heterocycles. The average molecular weight is 409 g/mol. The Hall–Kier alpha value is -2.61. The number of hydrogen-bond acceptors (Lipinski definition) is 5. The van der Waals surface area contributed by atoms with E-state index in [1.807, 2.05) is 13.8 Å². The van der Waals surface area contributed by atoms with Crippen LogP contribution in [0.3, 0.4) is 0 Å². The first-order chi connectivity index (χ1) is 13.2. The first-order valence-corrected chi connectivity index (χ1v) is 10.2. The molecule has 2 rings (SSSR count). The molecule has 8 heteroatoms.